The molecule has 3 N–H and O–H groups in total. The van der Waals surface area contributed by atoms with Crippen LogP contribution in [-0.4, -0.2) is 25.3 Å². The van der Waals surface area contributed by atoms with Crippen molar-refractivity contribution < 1.29 is 4.52 Å². The van der Waals surface area contributed by atoms with Gasteiger partial charge in [-0.25, -0.2) is 4.98 Å². The van der Waals surface area contributed by atoms with Crippen molar-refractivity contribution >= 4 is 17.6 Å². The molecule has 8 nitrogen and oxygen atoms in total. The monoisotopic (exact) mass is 401 g/mol. The van der Waals surface area contributed by atoms with Crippen molar-refractivity contribution in [1.29, 1.82) is 0 Å². The fourth-order valence-electron chi connectivity index (χ4n) is 3.35. The number of nitrogens with one attached hydrogen (secondary N) is 3. The first-order valence-electron chi connectivity index (χ1n) is 10.1. The Balaban J connectivity index is 1.26. The zero-order valence-corrected chi connectivity index (χ0v) is 16.9. The van der Waals surface area contributed by atoms with Crippen LogP contribution in [0.15, 0.2) is 47.0 Å². The Morgan fingerprint density at radius 1 is 1.07 bits per heavy atom. The quantitative estimate of drug-likeness (QED) is 0.412. The van der Waals surface area contributed by atoms with E-state index in [0.717, 1.165) is 22.8 Å². The summed E-state index contributed by atoms with van der Waals surface area (Å²) in [5.74, 6) is 3.32. The Morgan fingerprint density at radius 2 is 1.97 bits per heavy atom. The van der Waals surface area contributed by atoms with Crippen LogP contribution >= 0.6 is 0 Å². The lowest BCUT2D eigenvalue weighted by molar-refractivity contribution is 0.390. The van der Waals surface area contributed by atoms with E-state index in [4.69, 9.17) is 4.52 Å². The normalized spacial score (nSPS) is 13.4. The highest BCUT2D eigenvalue weighted by Crippen LogP contribution is 2.39. The maximum absolute atomic E-state index is 5.47. The first kappa shape index (κ1) is 18.4. The van der Waals surface area contributed by atoms with E-state index in [2.05, 4.69) is 55.0 Å². The molecule has 1 fully saturated rings. The van der Waals surface area contributed by atoms with Gasteiger partial charge in [-0.1, -0.05) is 28.9 Å². The number of benzene rings is 1. The van der Waals surface area contributed by atoms with Crippen molar-refractivity contribution in [2.45, 2.75) is 39.2 Å². The highest BCUT2D eigenvalue weighted by atomic mass is 16.5. The van der Waals surface area contributed by atoms with Gasteiger partial charge in [0.15, 0.2) is 11.6 Å². The number of H-pyrrole nitrogens is 1. The molecule has 0 radical (unpaired) electrons. The molecule has 3 aromatic heterocycles. The van der Waals surface area contributed by atoms with Gasteiger partial charge in [0.1, 0.15) is 11.5 Å². The summed E-state index contributed by atoms with van der Waals surface area (Å²) in [5.41, 5.74) is 5.06. The second-order valence-corrected chi connectivity index (χ2v) is 7.73. The number of aromatic nitrogens is 5. The maximum atomic E-state index is 5.47. The Kier molecular flexibility index (Phi) is 4.66. The summed E-state index contributed by atoms with van der Waals surface area (Å²) in [6.07, 6.45) is 2.46. The number of rotatable bonds is 7. The average molecular weight is 401 g/mol. The molecule has 0 aliphatic heterocycles. The third-order valence-corrected chi connectivity index (χ3v) is 5.02. The summed E-state index contributed by atoms with van der Waals surface area (Å²) >= 11 is 0. The molecule has 152 valence electrons. The van der Waals surface area contributed by atoms with Crippen LogP contribution in [0.5, 0.6) is 0 Å². The van der Waals surface area contributed by atoms with Gasteiger partial charge in [-0.05, 0) is 32.8 Å². The van der Waals surface area contributed by atoms with Gasteiger partial charge in [-0.3, -0.25) is 5.10 Å². The minimum atomic E-state index is 0.440. The van der Waals surface area contributed by atoms with Crippen molar-refractivity contribution in [3.8, 4) is 11.3 Å². The topological polar surface area (TPSA) is 105 Å². The molecule has 0 spiro atoms. The predicted molar refractivity (Wildman–Crippen MR) is 115 cm³/mol. The van der Waals surface area contributed by atoms with E-state index in [1.54, 1.807) is 0 Å². The second kappa shape index (κ2) is 7.62. The number of aromatic amines is 1. The first-order chi connectivity index (χ1) is 14.6. The van der Waals surface area contributed by atoms with Crippen molar-refractivity contribution in [2.75, 3.05) is 10.6 Å². The predicted octanol–water partition coefficient (Wildman–Crippen LogP) is 4.70. The van der Waals surface area contributed by atoms with E-state index in [1.165, 1.54) is 24.1 Å². The van der Waals surface area contributed by atoms with E-state index < -0.39 is 0 Å². The molecule has 1 saturated carbocycles. The summed E-state index contributed by atoms with van der Waals surface area (Å²) in [6, 6.07) is 14.0. The van der Waals surface area contributed by atoms with Gasteiger partial charge in [0, 0.05) is 41.1 Å². The van der Waals surface area contributed by atoms with Crippen LogP contribution in [0.4, 0.5) is 17.6 Å². The lowest BCUT2D eigenvalue weighted by Gasteiger charge is -2.07. The average Bonchev–Trinajstić information content (AvgIpc) is 3.28. The molecule has 8 heteroatoms. The molecule has 0 saturated heterocycles. The zero-order chi connectivity index (χ0) is 20.5. The van der Waals surface area contributed by atoms with Crippen LogP contribution in [0.1, 0.15) is 41.5 Å². The first-order valence-corrected chi connectivity index (χ1v) is 10.1. The minimum Gasteiger partial charge on any atom is -0.359 e. The molecule has 30 heavy (non-hydrogen) atoms. The van der Waals surface area contributed by atoms with Crippen molar-refractivity contribution in [1.82, 2.24) is 25.3 Å². The standard InChI is InChI=1S/C22H23N7O/c1-13-4-3-5-16(8-13)19-10-17(30-29-19)12-23-22-24-14(2)9-20(26-22)25-21-11-18(27-28-21)15-6-7-15/h3-5,8-11,15H,6-7,12H2,1-2H3,(H3,23,24,25,26,27,28). The van der Waals surface area contributed by atoms with E-state index in [-0.39, 0.29) is 0 Å². The van der Waals surface area contributed by atoms with Gasteiger partial charge in [-0.15, -0.1) is 0 Å². The number of anilines is 3. The number of hydrogen-bond donors (Lipinski definition) is 3. The van der Waals surface area contributed by atoms with Gasteiger partial charge < -0.3 is 15.2 Å². The Bertz CT molecular complexity index is 1180. The second-order valence-electron chi connectivity index (χ2n) is 7.73. The molecule has 3 heterocycles. The molecule has 1 aromatic carbocycles. The van der Waals surface area contributed by atoms with Crippen molar-refractivity contribution in [3.05, 3.63) is 65.2 Å². The molecule has 4 aromatic rings. The van der Waals surface area contributed by atoms with Gasteiger partial charge in [0.05, 0.1) is 6.54 Å². The fraction of sp³-hybridized carbons (Fsp3) is 0.273. The highest BCUT2D eigenvalue weighted by Gasteiger charge is 2.25. The van der Waals surface area contributed by atoms with Crippen LogP contribution in [-0.2, 0) is 6.54 Å². The molecule has 0 bridgehead atoms. The number of hydrogen-bond acceptors (Lipinski definition) is 7. The molecule has 0 unspecified atom stereocenters. The van der Waals surface area contributed by atoms with Crippen molar-refractivity contribution in [3.63, 3.8) is 0 Å². The smallest absolute Gasteiger partial charge is 0.225 e. The molecule has 5 rings (SSSR count). The van der Waals surface area contributed by atoms with Gasteiger partial charge in [0.25, 0.3) is 0 Å². The van der Waals surface area contributed by atoms with E-state index in [9.17, 15) is 0 Å². The maximum Gasteiger partial charge on any atom is 0.225 e. The Labute approximate surface area is 174 Å². The molecule has 1 aliphatic carbocycles. The van der Waals surface area contributed by atoms with Crippen LogP contribution in [0.2, 0.25) is 0 Å². The lowest BCUT2D eigenvalue weighted by atomic mass is 10.1. The molecular weight excluding hydrogens is 378 g/mol. The van der Waals surface area contributed by atoms with Gasteiger partial charge in [0.2, 0.25) is 5.95 Å². The molecule has 1 aliphatic rings. The highest BCUT2D eigenvalue weighted by molar-refractivity contribution is 5.60. The summed E-state index contributed by atoms with van der Waals surface area (Å²) in [5, 5.41) is 18.0. The SMILES string of the molecule is Cc1cccc(-c2cc(CNc3nc(C)cc(Nc4cc(C5CC5)[nH]n4)n3)on2)c1. The van der Waals surface area contributed by atoms with Gasteiger partial charge >= 0.3 is 0 Å². The Morgan fingerprint density at radius 3 is 2.80 bits per heavy atom. The fourth-order valence-corrected chi connectivity index (χ4v) is 3.35. The summed E-state index contributed by atoms with van der Waals surface area (Å²) in [4.78, 5) is 9.00. The van der Waals surface area contributed by atoms with Crippen molar-refractivity contribution in [2.24, 2.45) is 0 Å². The van der Waals surface area contributed by atoms with E-state index in [1.807, 2.05) is 37.3 Å². The van der Waals surface area contributed by atoms with Crippen LogP contribution in [0.25, 0.3) is 11.3 Å². The molecular formula is C22H23N7O. The van der Waals surface area contributed by atoms with E-state index in [0.29, 0.717) is 30.0 Å². The number of nitrogens with zero attached hydrogens (tertiary/aromatic N) is 4. The third kappa shape index (κ3) is 4.17. The molecule has 0 amide bonds. The van der Waals surface area contributed by atoms with E-state index >= 15 is 0 Å². The lowest BCUT2D eigenvalue weighted by Crippen LogP contribution is -2.06. The van der Waals surface area contributed by atoms with Crippen LogP contribution in [0.3, 0.4) is 0 Å². The summed E-state index contributed by atoms with van der Waals surface area (Å²) in [7, 11) is 0. The van der Waals surface area contributed by atoms with Gasteiger partial charge in [-0.2, -0.15) is 10.1 Å². The van der Waals surface area contributed by atoms with Crippen LogP contribution in [0, 0.1) is 13.8 Å². The summed E-state index contributed by atoms with van der Waals surface area (Å²) < 4.78 is 5.47. The number of aryl methyl sites for hydroxylation is 2. The van der Waals surface area contributed by atoms with Crippen LogP contribution < -0.4 is 10.6 Å². The zero-order valence-electron chi connectivity index (χ0n) is 16.9. The minimum absolute atomic E-state index is 0.440. The molecule has 0 atom stereocenters. The third-order valence-electron chi connectivity index (χ3n) is 5.02. The summed E-state index contributed by atoms with van der Waals surface area (Å²) in [6.45, 7) is 4.43. The largest absolute Gasteiger partial charge is 0.359 e. The Hall–Kier alpha value is -3.68.